The summed E-state index contributed by atoms with van der Waals surface area (Å²) >= 11 is 6.05. The van der Waals surface area contributed by atoms with Crippen LogP contribution in [0.3, 0.4) is 0 Å². The smallest absolute Gasteiger partial charge is 0.286 e. The Hall–Kier alpha value is -3.85. The Kier molecular flexibility index (Phi) is 7.78. The Morgan fingerprint density at radius 1 is 1.08 bits per heavy atom. The van der Waals surface area contributed by atoms with Crippen molar-refractivity contribution in [2.45, 2.75) is 46.1 Å². The molecule has 0 aliphatic carbocycles. The Morgan fingerprint density at radius 2 is 1.76 bits per heavy atom. The van der Waals surface area contributed by atoms with Crippen LogP contribution >= 0.6 is 11.6 Å². The van der Waals surface area contributed by atoms with Crippen molar-refractivity contribution < 1.29 is 18.8 Å². The summed E-state index contributed by atoms with van der Waals surface area (Å²) in [5.41, 5.74) is 2.29. The van der Waals surface area contributed by atoms with Gasteiger partial charge in [-0.2, -0.15) is 0 Å². The van der Waals surface area contributed by atoms with Crippen molar-refractivity contribution in [3.63, 3.8) is 0 Å². The van der Waals surface area contributed by atoms with Crippen molar-refractivity contribution >= 4 is 40.6 Å². The summed E-state index contributed by atoms with van der Waals surface area (Å²) < 4.78 is 5.60. The molecule has 0 radical (unpaired) electrons. The van der Waals surface area contributed by atoms with E-state index in [0.29, 0.717) is 27.9 Å². The van der Waals surface area contributed by atoms with E-state index >= 15 is 0 Å². The van der Waals surface area contributed by atoms with Crippen molar-refractivity contribution in [3.8, 4) is 0 Å². The number of amides is 2. The average Bonchev–Trinajstić information content (AvgIpc) is 3.33. The minimum absolute atomic E-state index is 0.135. The maximum atomic E-state index is 13.2. The van der Waals surface area contributed by atoms with Gasteiger partial charge in [0.1, 0.15) is 13.1 Å². The van der Waals surface area contributed by atoms with E-state index in [2.05, 4.69) is 20.5 Å². The van der Waals surface area contributed by atoms with Gasteiger partial charge in [0.15, 0.2) is 0 Å². The number of rotatable bonds is 7. The van der Waals surface area contributed by atoms with Crippen LogP contribution in [0.15, 0.2) is 57.9 Å². The van der Waals surface area contributed by atoms with Gasteiger partial charge in [0.25, 0.3) is 5.89 Å². The molecule has 1 aliphatic heterocycles. The van der Waals surface area contributed by atoms with E-state index in [1.807, 2.05) is 58.9 Å². The lowest BCUT2D eigenvalue weighted by atomic mass is 9.97. The zero-order valence-electron chi connectivity index (χ0n) is 22.0. The fourth-order valence-corrected chi connectivity index (χ4v) is 4.17. The Balaban J connectivity index is 1.56. The molecule has 2 amide bonds. The molecule has 10 heteroatoms. The fourth-order valence-electron chi connectivity index (χ4n) is 4.05. The number of aromatic nitrogens is 2. The van der Waals surface area contributed by atoms with Crippen LogP contribution in [-0.2, 0) is 15.0 Å². The number of benzene rings is 2. The minimum Gasteiger partial charge on any atom is -0.418 e. The van der Waals surface area contributed by atoms with E-state index in [4.69, 9.17) is 16.0 Å². The summed E-state index contributed by atoms with van der Waals surface area (Å²) in [6.07, 6.45) is 0. The van der Waals surface area contributed by atoms with Crippen LogP contribution in [0, 0.1) is 5.92 Å². The van der Waals surface area contributed by atoms with Gasteiger partial charge in [-0.1, -0.05) is 76.6 Å². The summed E-state index contributed by atoms with van der Waals surface area (Å²) in [4.78, 5) is 45.5. The number of fused-ring (bicyclic) bond motifs is 1. The maximum absolute atomic E-state index is 13.2. The Morgan fingerprint density at radius 3 is 2.39 bits per heavy atom. The first-order valence-corrected chi connectivity index (χ1v) is 12.7. The Labute approximate surface area is 226 Å². The van der Waals surface area contributed by atoms with Gasteiger partial charge in [0.2, 0.25) is 23.5 Å². The molecule has 0 bridgehead atoms. The number of anilines is 1. The first kappa shape index (κ1) is 27.2. The number of hydrogen-bond donors (Lipinski definition) is 1. The monoisotopic (exact) mass is 535 g/mol. The van der Waals surface area contributed by atoms with Crippen LogP contribution in [0.1, 0.15) is 62.3 Å². The van der Waals surface area contributed by atoms with Gasteiger partial charge in [-0.3, -0.25) is 19.4 Å². The third-order valence-electron chi connectivity index (χ3n) is 6.09. The lowest BCUT2D eigenvalue weighted by Gasteiger charge is -2.25. The first-order chi connectivity index (χ1) is 18.0. The topological polar surface area (TPSA) is 118 Å². The van der Waals surface area contributed by atoms with Crippen molar-refractivity contribution in [2.24, 2.45) is 10.9 Å². The fraction of sp³-hybridized carbons (Fsp3) is 0.357. The molecule has 0 saturated carbocycles. The van der Waals surface area contributed by atoms with Gasteiger partial charge in [-0.05, 0) is 24.1 Å². The quantitative estimate of drug-likeness (QED) is 0.452. The lowest BCUT2D eigenvalue weighted by molar-refractivity contribution is -0.123. The van der Waals surface area contributed by atoms with E-state index in [0.717, 1.165) is 5.56 Å². The van der Waals surface area contributed by atoms with Crippen molar-refractivity contribution in [1.82, 2.24) is 15.5 Å². The molecule has 1 aliphatic rings. The van der Waals surface area contributed by atoms with Gasteiger partial charge in [0.05, 0.1) is 17.4 Å². The molecule has 0 fully saturated rings. The van der Waals surface area contributed by atoms with Crippen LogP contribution in [-0.4, -0.2) is 52.6 Å². The molecule has 1 aromatic heterocycles. The van der Waals surface area contributed by atoms with Crippen molar-refractivity contribution in [1.29, 1.82) is 0 Å². The maximum Gasteiger partial charge on any atom is 0.286 e. The van der Waals surface area contributed by atoms with Crippen LogP contribution in [0.5, 0.6) is 0 Å². The van der Waals surface area contributed by atoms with Gasteiger partial charge < -0.3 is 14.6 Å². The average molecular weight is 536 g/mol. The number of halogens is 1. The molecular weight excluding hydrogens is 506 g/mol. The molecule has 2 heterocycles. The normalized spacial score (nSPS) is 14.6. The summed E-state index contributed by atoms with van der Waals surface area (Å²) in [5.74, 6) is -1.40. The number of benzodiazepines with no additional fused rings is 1. The number of para-hydroxylation sites is 1. The zero-order valence-corrected chi connectivity index (χ0v) is 22.7. The highest BCUT2D eigenvalue weighted by atomic mass is 35.5. The molecule has 3 aromatic rings. The second kappa shape index (κ2) is 10.9. The molecule has 4 rings (SSSR count). The molecule has 0 saturated heterocycles. The molecular formula is C28H30ClN5O4. The van der Waals surface area contributed by atoms with E-state index in [-0.39, 0.29) is 30.8 Å². The summed E-state index contributed by atoms with van der Waals surface area (Å²) in [6.45, 7) is 8.89. The standard InChI is InChI=1S/C28H30ClN5O4/c1-16(2)23(25(37)26-32-33-27(38-26)28(3,4)5)31-21(35)15-34-20-9-7-6-8-19(20)24(30-14-22(34)36)17-10-12-18(29)13-11-17/h6-13,16,23H,14-15H2,1-5H3,(H,31,35)/t23-/m0/s1. The second-order valence-corrected chi connectivity index (χ2v) is 10.9. The largest absolute Gasteiger partial charge is 0.418 e. The van der Waals surface area contributed by atoms with Crippen LogP contribution in [0.25, 0.3) is 0 Å². The van der Waals surface area contributed by atoms with E-state index in [9.17, 15) is 14.4 Å². The van der Waals surface area contributed by atoms with Gasteiger partial charge in [0, 0.05) is 21.6 Å². The minimum atomic E-state index is -0.908. The number of aliphatic imine (C=N–C) groups is 1. The summed E-state index contributed by atoms with van der Waals surface area (Å²) in [5, 5.41) is 11.2. The van der Waals surface area contributed by atoms with Crippen LogP contribution in [0.2, 0.25) is 5.02 Å². The van der Waals surface area contributed by atoms with Crippen LogP contribution < -0.4 is 10.2 Å². The van der Waals surface area contributed by atoms with Gasteiger partial charge in [-0.25, -0.2) is 0 Å². The number of ketones is 1. The van der Waals surface area contributed by atoms with Crippen LogP contribution in [0.4, 0.5) is 5.69 Å². The lowest BCUT2D eigenvalue weighted by Crippen LogP contribution is -2.49. The zero-order chi connectivity index (χ0) is 27.6. The second-order valence-electron chi connectivity index (χ2n) is 10.5. The number of carbonyl (C=O) groups excluding carboxylic acids is 3. The molecule has 2 aromatic carbocycles. The number of hydrogen-bond acceptors (Lipinski definition) is 7. The highest BCUT2D eigenvalue weighted by molar-refractivity contribution is 6.30. The Bertz CT molecular complexity index is 1390. The molecule has 38 heavy (non-hydrogen) atoms. The highest BCUT2D eigenvalue weighted by Gasteiger charge is 2.33. The van der Waals surface area contributed by atoms with Gasteiger partial charge in [-0.15, -0.1) is 10.2 Å². The molecule has 1 N–H and O–H groups in total. The van der Waals surface area contributed by atoms with E-state index in [1.54, 1.807) is 24.3 Å². The SMILES string of the molecule is CC(C)[C@H](NC(=O)CN1C(=O)CN=C(c2ccc(Cl)cc2)c2ccccc21)C(=O)c1nnc(C(C)(C)C)o1. The first-order valence-electron chi connectivity index (χ1n) is 12.3. The number of nitrogens with one attached hydrogen (secondary N) is 1. The summed E-state index contributed by atoms with van der Waals surface area (Å²) in [7, 11) is 0. The molecule has 1 atom stereocenters. The number of nitrogens with zero attached hydrogens (tertiary/aromatic N) is 4. The number of carbonyl (C=O) groups is 3. The van der Waals surface area contributed by atoms with E-state index < -0.39 is 23.1 Å². The predicted octanol–water partition coefficient (Wildman–Crippen LogP) is 4.23. The molecule has 0 unspecified atom stereocenters. The molecule has 0 spiro atoms. The third kappa shape index (κ3) is 5.83. The number of Topliss-reactive ketones (excluding diaryl/α,β-unsaturated/α-hetero) is 1. The molecule has 198 valence electrons. The van der Waals surface area contributed by atoms with Crippen molar-refractivity contribution in [3.05, 3.63) is 76.5 Å². The third-order valence-corrected chi connectivity index (χ3v) is 6.34. The van der Waals surface area contributed by atoms with Crippen molar-refractivity contribution in [2.75, 3.05) is 18.0 Å². The summed E-state index contributed by atoms with van der Waals surface area (Å²) in [6, 6.07) is 13.6. The molecule has 9 nitrogen and oxygen atoms in total. The predicted molar refractivity (Wildman–Crippen MR) is 145 cm³/mol. The van der Waals surface area contributed by atoms with Gasteiger partial charge >= 0.3 is 0 Å². The highest BCUT2D eigenvalue weighted by Crippen LogP contribution is 2.27. The van der Waals surface area contributed by atoms with E-state index in [1.165, 1.54) is 4.90 Å².